The number of benzene rings is 1. The molecule has 0 fully saturated rings. The van der Waals surface area contributed by atoms with Crippen molar-refractivity contribution in [1.82, 2.24) is 15.1 Å². The number of aromatic nitrogens is 2. The summed E-state index contributed by atoms with van der Waals surface area (Å²) in [6.45, 7) is 1.88. The molecule has 5 nitrogen and oxygen atoms in total. The molecule has 1 aromatic heterocycles. The second-order valence-corrected chi connectivity index (χ2v) is 5.44. The van der Waals surface area contributed by atoms with Gasteiger partial charge in [0, 0.05) is 23.8 Å². The van der Waals surface area contributed by atoms with Crippen LogP contribution in [0.5, 0.6) is 0 Å². The number of nitrogens with one attached hydrogen (secondary N) is 1. The number of carbonyl (C=O) groups is 1. The van der Waals surface area contributed by atoms with E-state index < -0.39 is 6.10 Å². The largest absolute Gasteiger partial charge is 0.388 e. The van der Waals surface area contributed by atoms with E-state index in [9.17, 15) is 9.90 Å². The highest BCUT2D eigenvalue weighted by molar-refractivity contribution is 6.30. The number of hydrogen-bond acceptors (Lipinski definition) is 3. The molecule has 2 atom stereocenters. The normalized spacial score (nSPS) is 13.7. The van der Waals surface area contributed by atoms with Crippen LogP contribution in [0.4, 0.5) is 0 Å². The topological polar surface area (TPSA) is 67.2 Å². The molecule has 112 valence electrons. The van der Waals surface area contributed by atoms with Gasteiger partial charge in [-0.05, 0) is 24.6 Å². The zero-order chi connectivity index (χ0) is 15.4. The zero-order valence-electron chi connectivity index (χ0n) is 12.0. The summed E-state index contributed by atoms with van der Waals surface area (Å²) < 4.78 is 1.68. The van der Waals surface area contributed by atoms with E-state index >= 15 is 0 Å². The summed E-state index contributed by atoms with van der Waals surface area (Å²) in [7, 11) is 1.82. The number of halogens is 1. The number of carbonyl (C=O) groups excluding carboxylic acids is 1. The molecule has 0 aliphatic carbocycles. The molecule has 2 unspecified atom stereocenters. The van der Waals surface area contributed by atoms with Crippen LogP contribution < -0.4 is 5.32 Å². The molecule has 0 bridgehead atoms. The maximum atomic E-state index is 12.0. The third-order valence-corrected chi connectivity index (χ3v) is 3.49. The number of aryl methyl sites for hydroxylation is 1. The monoisotopic (exact) mass is 307 g/mol. The molecule has 1 amide bonds. The molecule has 2 rings (SSSR count). The van der Waals surface area contributed by atoms with E-state index in [1.54, 1.807) is 35.1 Å². The van der Waals surface area contributed by atoms with E-state index in [1.807, 2.05) is 20.2 Å². The highest BCUT2D eigenvalue weighted by atomic mass is 35.5. The fraction of sp³-hybridized carbons (Fsp3) is 0.333. The molecule has 0 spiro atoms. The minimum Gasteiger partial charge on any atom is -0.388 e. The van der Waals surface area contributed by atoms with Crippen LogP contribution in [-0.4, -0.2) is 20.8 Å². The molecule has 0 saturated carbocycles. The van der Waals surface area contributed by atoms with E-state index in [4.69, 9.17) is 11.6 Å². The van der Waals surface area contributed by atoms with Crippen LogP contribution >= 0.6 is 11.6 Å². The lowest BCUT2D eigenvalue weighted by atomic mass is 10.1. The molecule has 0 aliphatic heterocycles. The van der Waals surface area contributed by atoms with Crippen molar-refractivity contribution < 1.29 is 9.90 Å². The standard InChI is InChI=1S/C15H18ClN3O2/c1-10(12-8-17-19(2)9-12)18-15(21)7-14(20)11-3-5-13(16)6-4-11/h3-6,8-10,14,20H,7H2,1-2H3,(H,18,21). The lowest BCUT2D eigenvalue weighted by molar-refractivity contribution is -0.123. The van der Waals surface area contributed by atoms with Gasteiger partial charge in [-0.15, -0.1) is 0 Å². The predicted molar refractivity (Wildman–Crippen MR) is 80.8 cm³/mol. The van der Waals surface area contributed by atoms with Gasteiger partial charge in [0.25, 0.3) is 0 Å². The lowest BCUT2D eigenvalue weighted by Crippen LogP contribution is -2.27. The fourth-order valence-electron chi connectivity index (χ4n) is 2.03. The Hall–Kier alpha value is -1.85. The molecule has 2 aromatic rings. The average Bonchev–Trinajstić information content (AvgIpc) is 2.86. The highest BCUT2D eigenvalue weighted by Crippen LogP contribution is 2.19. The third-order valence-electron chi connectivity index (χ3n) is 3.24. The summed E-state index contributed by atoms with van der Waals surface area (Å²) >= 11 is 5.79. The van der Waals surface area contributed by atoms with Crippen LogP contribution in [0.2, 0.25) is 5.02 Å². The minimum atomic E-state index is -0.844. The van der Waals surface area contributed by atoms with Gasteiger partial charge in [0.15, 0.2) is 0 Å². The molecular weight excluding hydrogens is 290 g/mol. The smallest absolute Gasteiger partial charge is 0.223 e. The predicted octanol–water partition coefficient (Wildman–Crippen LogP) is 2.37. The van der Waals surface area contributed by atoms with Gasteiger partial charge in [-0.2, -0.15) is 5.10 Å². The first kappa shape index (κ1) is 15.5. The second kappa shape index (κ2) is 6.74. The van der Waals surface area contributed by atoms with Crippen molar-refractivity contribution in [3.05, 3.63) is 52.8 Å². The van der Waals surface area contributed by atoms with Crippen molar-refractivity contribution in [1.29, 1.82) is 0 Å². The van der Waals surface area contributed by atoms with Crippen LogP contribution in [0.25, 0.3) is 0 Å². The van der Waals surface area contributed by atoms with Crippen LogP contribution in [0.1, 0.15) is 36.6 Å². The zero-order valence-corrected chi connectivity index (χ0v) is 12.7. The number of amides is 1. The third kappa shape index (κ3) is 4.31. The van der Waals surface area contributed by atoms with Crippen LogP contribution in [-0.2, 0) is 11.8 Å². The molecule has 0 aliphatic rings. The Morgan fingerprint density at radius 2 is 2.05 bits per heavy atom. The van der Waals surface area contributed by atoms with Crippen molar-refractivity contribution in [3.63, 3.8) is 0 Å². The van der Waals surface area contributed by atoms with Crippen LogP contribution in [0, 0.1) is 0 Å². The quantitative estimate of drug-likeness (QED) is 0.891. The number of rotatable bonds is 5. The molecule has 1 heterocycles. The highest BCUT2D eigenvalue weighted by Gasteiger charge is 2.16. The van der Waals surface area contributed by atoms with Crippen molar-refractivity contribution in [3.8, 4) is 0 Å². The van der Waals surface area contributed by atoms with Gasteiger partial charge in [-0.25, -0.2) is 0 Å². The summed E-state index contributed by atoms with van der Waals surface area (Å²) in [5, 5.41) is 17.6. The van der Waals surface area contributed by atoms with Gasteiger partial charge in [0.2, 0.25) is 5.91 Å². The number of nitrogens with zero attached hydrogens (tertiary/aromatic N) is 2. The van der Waals surface area contributed by atoms with Gasteiger partial charge < -0.3 is 10.4 Å². The van der Waals surface area contributed by atoms with Crippen molar-refractivity contribution >= 4 is 17.5 Å². The Morgan fingerprint density at radius 1 is 1.38 bits per heavy atom. The summed E-state index contributed by atoms with van der Waals surface area (Å²) in [4.78, 5) is 12.0. The first-order chi connectivity index (χ1) is 9.95. The van der Waals surface area contributed by atoms with Gasteiger partial charge >= 0.3 is 0 Å². The molecule has 0 radical (unpaired) electrons. The summed E-state index contributed by atoms with van der Waals surface area (Å²) in [5.74, 6) is -0.214. The maximum Gasteiger partial charge on any atom is 0.223 e. The fourth-order valence-corrected chi connectivity index (χ4v) is 2.15. The van der Waals surface area contributed by atoms with E-state index in [1.165, 1.54) is 0 Å². The van der Waals surface area contributed by atoms with E-state index in [0.29, 0.717) is 10.6 Å². The van der Waals surface area contributed by atoms with E-state index in [-0.39, 0.29) is 18.4 Å². The van der Waals surface area contributed by atoms with Gasteiger partial charge in [-0.3, -0.25) is 9.48 Å². The molecular formula is C15H18ClN3O2. The Morgan fingerprint density at radius 3 is 2.62 bits per heavy atom. The summed E-state index contributed by atoms with van der Waals surface area (Å²) in [5.41, 5.74) is 1.59. The van der Waals surface area contributed by atoms with Crippen LogP contribution in [0.3, 0.4) is 0 Å². The van der Waals surface area contributed by atoms with Crippen molar-refractivity contribution in [2.75, 3.05) is 0 Å². The lowest BCUT2D eigenvalue weighted by Gasteiger charge is -2.15. The van der Waals surface area contributed by atoms with Gasteiger partial charge in [0.1, 0.15) is 0 Å². The molecule has 0 saturated heterocycles. The summed E-state index contributed by atoms with van der Waals surface area (Å²) in [6.07, 6.45) is 2.72. The SMILES string of the molecule is CC(NC(=O)CC(O)c1ccc(Cl)cc1)c1cnn(C)c1. The first-order valence-electron chi connectivity index (χ1n) is 6.67. The Balaban J connectivity index is 1.90. The minimum absolute atomic E-state index is 0.00619. The molecule has 21 heavy (non-hydrogen) atoms. The van der Waals surface area contributed by atoms with E-state index in [2.05, 4.69) is 10.4 Å². The molecule has 2 N–H and O–H groups in total. The van der Waals surface area contributed by atoms with Gasteiger partial charge in [-0.1, -0.05) is 23.7 Å². The van der Waals surface area contributed by atoms with Crippen molar-refractivity contribution in [2.24, 2.45) is 7.05 Å². The summed E-state index contributed by atoms with van der Waals surface area (Å²) in [6, 6.07) is 6.66. The number of aliphatic hydroxyl groups is 1. The Kier molecular flexibility index (Phi) is 4.98. The first-order valence-corrected chi connectivity index (χ1v) is 7.05. The molecule has 6 heteroatoms. The molecule has 1 aromatic carbocycles. The number of aliphatic hydroxyl groups excluding tert-OH is 1. The van der Waals surface area contributed by atoms with Crippen molar-refractivity contribution in [2.45, 2.75) is 25.5 Å². The second-order valence-electron chi connectivity index (χ2n) is 5.01. The van der Waals surface area contributed by atoms with E-state index in [0.717, 1.165) is 5.56 Å². The van der Waals surface area contributed by atoms with Gasteiger partial charge in [0.05, 0.1) is 24.8 Å². The average molecular weight is 308 g/mol. The Labute approximate surface area is 128 Å². The van der Waals surface area contributed by atoms with Crippen LogP contribution in [0.15, 0.2) is 36.7 Å². The maximum absolute atomic E-state index is 12.0. The number of hydrogen-bond donors (Lipinski definition) is 2. The Bertz CT molecular complexity index is 610.